The third-order valence-corrected chi connectivity index (χ3v) is 5.94. The molecule has 1 saturated carbocycles. The first kappa shape index (κ1) is 22.7. The smallest absolute Gasteiger partial charge is 0.229 e. The van der Waals surface area contributed by atoms with Gasteiger partial charge in [-0.1, -0.05) is 0 Å². The Kier molecular flexibility index (Phi) is 6.28. The van der Waals surface area contributed by atoms with E-state index in [1.807, 2.05) is 18.2 Å². The Labute approximate surface area is 202 Å². The summed E-state index contributed by atoms with van der Waals surface area (Å²) in [6.45, 7) is 0. The van der Waals surface area contributed by atoms with Crippen molar-refractivity contribution < 1.29 is 13.9 Å². The fraction of sp³-hybridized carbons (Fsp3) is 0.280. The minimum Gasteiger partial charge on any atom is -0.493 e. The summed E-state index contributed by atoms with van der Waals surface area (Å²) in [5, 5.41) is 6.38. The number of rotatable bonds is 8. The van der Waals surface area contributed by atoms with Gasteiger partial charge in [-0.15, -0.1) is 0 Å². The van der Waals surface area contributed by atoms with Crippen molar-refractivity contribution in [3.05, 3.63) is 60.8 Å². The maximum absolute atomic E-state index is 13.3. The summed E-state index contributed by atoms with van der Waals surface area (Å²) in [5.41, 5.74) is 2.51. The minimum atomic E-state index is -0.422. The second-order valence-corrected chi connectivity index (χ2v) is 8.63. The molecule has 3 heterocycles. The van der Waals surface area contributed by atoms with Gasteiger partial charge < -0.3 is 25.0 Å². The van der Waals surface area contributed by atoms with Gasteiger partial charge in [0.05, 0.1) is 36.2 Å². The highest BCUT2D eigenvalue weighted by molar-refractivity contribution is 5.78. The molecule has 5 rings (SSSR count). The molecule has 0 atom stereocenters. The predicted octanol–water partition coefficient (Wildman–Crippen LogP) is 4.53. The van der Waals surface area contributed by atoms with E-state index in [0.717, 1.165) is 24.7 Å². The second kappa shape index (κ2) is 9.67. The highest BCUT2D eigenvalue weighted by Gasteiger charge is 2.32. The summed E-state index contributed by atoms with van der Waals surface area (Å²) in [6, 6.07) is 11.1. The molecule has 1 aliphatic rings. The van der Waals surface area contributed by atoms with E-state index in [9.17, 15) is 4.39 Å². The highest BCUT2D eigenvalue weighted by Crippen LogP contribution is 2.36. The molecular weight excluding hydrogens is 449 g/mol. The molecule has 180 valence electrons. The fourth-order valence-electron chi connectivity index (χ4n) is 3.89. The number of hydrogen-bond acceptors (Lipinski definition) is 9. The van der Waals surface area contributed by atoms with Gasteiger partial charge in [-0.3, -0.25) is 9.97 Å². The molecule has 35 heavy (non-hydrogen) atoms. The van der Waals surface area contributed by atoms with Crippen molar-refractivity contribution in [2.24, 2.45) is 0 Å². The van der Waals surface area contributed by atoms with Crippen LogP contribution in [0.5, 0.6) is 11.5 Å². The molecule has 4 aromatic rings. The Morgan fingerprint density at radius 1 is 0.914 bits per heavy atom. The first-order valence-corrected chi connectivity index (χ1v) is 11.3. The Bertz CT molecular complexity index is 1340. The summed E-state index contributed by atoms with van der Waals surface area (Å²) >= 11 is 0. The number of fused-ring (bicyclic) bond motifs is 1. The highest BCUT2D eigenvalue weighted by atomic mass is 19.1. The number of aromatic nitrogens is 4. The molecule has 0 unspecified atom stereocenters. The van der Waals surface area contributed by atoms with Crippen LogP contribution in [0.2, 0.25) is 0 Å². The number of pyridine rings is 2. The van der Waals surface area contributed by atoms with Gasteiger partial charge in [-0.25, -0.2) is 9.37 Å². The third kappa shape index (κ3) is 5.22. The molecule has 10 heteroatoms. The van der Waals surface area contributed by atoms with Crippen molar-refractivity contribution in [2.75, 3.05) is 31.8 Å². The van der Waals surface area contributed by atoms with Crippen molar-refractivity contribution in [2.45, 2.75) is 25.0 Å². The second-order valence-electron chi connectivity index (χ2n) is 8.63. The van der Waals surface area contributed by atoms with E-state index < -0.39 is 5.82 Å². The number of ether oxygens (including phenoxy) is 2. The Hall–Kier alpha value is -4.05. The van der Waals surface area contributed by atoms with E-state index >= 15 is 0 Å². The zero-order valence-electron chi connectivity index (χ0n) is 19.7. The van der Waals surface area contributed by atoms with Crippen LogP contribution in [-0.4, -0.2) is 58.2 Å². The molecule has 1 fully saturated rings. The standard InChI is InChI=1S/C25H26FN7O2/c1-33(2)18-11-19(12-18)35-22-5-4-16(10-23(22)34-3)31-25-27-7-6-24(32-25)30-17-9-21-20(29-14-17)8-15(26)13-28-21/h4-10,13-14,18-19H,11-12H2,1-3H3,(H2,27,30,31,32). The predicted molar refractivity (Wildman–Crippen MR) is 132 cm³/mol. The molecule has 0 saturated heterocycles. The van der Waals surface area contributed by atoms with Crippen molar-refractivity contribution in [1.29, 1.82) is 0 Å². The lowest BCUT2D eigenvalue weighted by Crippen LogP contribution is -2.46. The lowest BCUT2D eigenvalue weighted by Gasteiger charge is -2.39. The topological polar surface area (TPSA) is 97.3 Å². The lowest BCUT2D eigenvalue weighted by atomic mass is 9.88. The minimum absolute atomic E-state index is 0.194. The van der Waals surface area contributed by atoms with Crippen molar-refractivity contribution >= 4 is 34.2 Å². The van der Waals surface area contributed by atoms with Crippen LogP contribution in [0.1, 0.15) is 12.8 Å². The SMILES string of the molecule is COc1cc(Nc2nccc(Nc3cnc4cc(F)cnc4c3)n2)ccc1OC1CC(N(C)C)C1. The maximum Gasteiger partial charge on any atom is 0.229 e. The van der Waals surface area contributed by atoms with Gasteiger partial charge >= 0.3 is 0 Å². The average molecular weight is 476 g/mol. The van der Waals surface area contributed by atoms with Crippen LogP contribution in [0.25, 0.3) is 11.0 Å². The summed E-state index contributed by atoms with van der Waals surface area (Å²) in [6.07, 6.45) is 6.61. The monoisotopic (exact) mass is 475 g/mol. The molecule has 3 aromatic heterocycles. The number of hydrogen-bond donors (Lipinski definition) is 2. The average Bonchev–Trinajstić information content (AvgIpc) is 2.82. The molecule has 0 radical (unpaired) electrons. The summed E-state index contributed by atoms with van der Waals surface area (Å²) in [4.78, 5) is 19.4. The zero-order valence-corrected chi connectivity index (χ0v) is 19.7. The number of methoxy groups -OCH3 is 1. The van der Waals surface area contributed by atoms with Gasteiger partial charge in [0.1, 0.15) is 17.7 Å². The van der Waals surface area contributed by atoms with E-state index in [1.165, 1.54) is 6.07 Å². The quantitative estimate of drug-likeness (QED) is 0.381. The summed E-state index contributed by atoms with van der Waals surface area (Å²) < 4.78 is 25.0. The summed E-state index contributed by atoms with van der Waals surface area (Å²) in [5.74, 6) is 1.91. The Morgan fingerprint density at radius 2 is 1.71 bits per heavy atom. The first-order valence-electron chi connectivity index (χ1n) is 11.3. The first-order chi connectivity index (χ1) is 17.0. The van der Waals surface area contributed by atoms with Gasteiger partial charge in [-0.05, 0) is 51.2 Å². The van der Waals surface area contributed by atoms with Crippen LogP contribution in [0.3, 0.4) is 0 Å². The van der Waals surface area contributed by atoms with Gasteiger partial charge in [0.25, 0.3) is 0 Å². The molecule has 2 N–H and O–H groups in total. The van der Waals surface area contributed by atoms with Crippen LogP contribution < -0.4 is 20.1 Å². The van der Waals surface area contributed by atoms with Gasteiger partial charge in [0.15, 0.2) is 11.5 Å². The molecule has 9 nitrogen and oxygen atoms in total. The third-order valence-electron chi connectivity index (χ3n) is 5.94. The van der Waals surface area contributed by atoms with Crippen LogP contribution in [0.15, 0.2) is 55.0 Å². The van der Waals surface area contributed by atoms with E-state index in [4.69, 9.17) is 9.47 Å². The number of anilines is 4. The van der Waals surface area contributed by atoms with Crippen molar-refractivity contribution in [3.8, 4) is 11.5 Å². The number of nitrogens with one attached hydrogen (secondary N) is 2. The van der Waals surface area contributed by atoms with E-state index in [-0.39, 0.29) is 6.10 Å². The van der Waals surface area contributed by atoms with E-state index in [1.54, 1.807) is 31.6 Å². The van der Waals surface area contributed by atoms with E-state index in [0.29, 0.717) is 46.0 Å². The van der Waals surface area contributed by atoms with Crippen molar-refractivity contribution in [3.63, 3.8) is 0 Å². The van der Waals surface area contributed by atoms with E-state index in [2.05, 4.69) is 49.6 Å². The van der Waals surface area contributed by atoms with Gasteiger partial charge in [0, 0.05) is 30.1 Å². The van der Waals surface area contributed by atoms with Gasteiger partial charge in [-0.2, -0.15) is 4.98 Å². The van der Waals surface area contributed by atoms with Crippen LogP contribution >= 0.6 is 0 Å². The maximum atomic E-state index is 13.3. The Morgan fingerprint density at radius 3 is 2.51 bits per heavy atom. The normalized spacial score (nSPS) is 17.2. The molecule has 0 amide bonds. The molecular formula is C25H26FN7O2. The largest absolute Gasteiger partial charge is 0.493 e. The van der Waals surface area contributed by atoms with Gasteiger partial charge in [0.2, 0.25) is 5.95 Å². The van der Waals surface area contributed by atoms with Crippen molar-refractivity contribution in [1.82, 2.24) is 24.8 Å². The zero-order chi connectivity index (χ0) is 24.4. The molecule has 0 aliphatic heterocycles. The van der Waals surface area contributed by atoms with Crippen LogP contribution in [0.4, 0.5) is 27.5 Å². The molecule has 1 aromatic carbocycles. The lowest BCUT2D eigenvalue weighted by molar-refractivity contribution is 0.0383. The Balaban J connectivity index is 1.26. The molecule has 0 spiro atoms. The fourth-order valence-corrected chi connectivity index (χ4v) is 3.89. The molecule has 1 aliphatic carbocycles. The van der Waals surface area contributed by atoms with Crippen LogP contribution in [0, 0.1) is 5.82 Å². The summed E-state index contributed by atoms with van der Waals surface area (Å²) in [7, 11) is 5.80. The number of halogens is 1. The number of benzene rings is 1. The molecule has 0 bridgehead atoms. The number of nitrogens with zero attached hydrogens (tertiary/aromatic N) is 5. The van der Waals surface area contributed by atoms with Crippen LogP contribution in [-0.2, 0) is 0 Å².